The molecule has 1 saturated carbocycles. The predicted octanol–water partition coefficient (Wildman–Crippen LogP) is 2.82. The zero-order chi connectivity index (χ0) is 16.4. The Hall–Kier alpha value is -1.72. The van der Waals surface area contributed by atoms with E-state index in [1.54, 1.807) is 0 Å². The van der Waals surface area contributed by atoms with Crippen LogP contribution in [0.15, 0.2) is 30.6 Å². The lowest BCUT2D eigenvalue weighted by atomic mass is 9.99. The lowest BCUT2D eigenvalue weighted by Gasteiger charge is -2.36. The van der Waals surface area contributed by atoms with Crippen molar-refractivity contribution in [2.24, 2.45) is 5.92 Å². The molecule has 2 aromatic heterocycles. The third kappa shape index (κ3) is 3.37. The van der Waals surface area contributed by atoms with Crippen molar-refractivity contribution in [1.29, 1.82) is 0 Å². The summed E-state index contributed by atoms with van der Waals surface area (Å²) in [4.78, 5) is 7.01. The topological polar surface area (TPSA) is 43.2 Å². The van der Waals surface area contributed by atoms with E-state index in [1.165, 1.54) is 24.1 Å². The molecule has 24 heavy (non-hydrogen) atoms. The van der Waals surface area contributed by atoms with Crippen molar-refractivity contribution in [2.45, 2.75) is 45.3 Å². The van der Waals surface area contributed by atoms with Gasteiger partial charge in [0.25, 0.3) is 0 Å². The van der Waals surface area contributed by atoms with Gasteiger partial charge in [-0.3, -0.25) is 14.6 Å². The highest BCUT2D eigenvalue weighted by molar-refractivity contribution is 5.25. The molecule has 0 bridgehead atoms. The number of hydrogen-bond donors (Lipinski definition) is 0. The molecule has 2 aromatic rings. The van der Waals surface area contributed by atoms with Crippen LogP contribution in [0.3, 0.4) is 0 Å². The first-order chi connectivity index (χ1) is 11.8. The average Bonchev–Trinajstić information content (AvgIpc) is 3.34. The maximum absolute atomic E-state index is 6.09. The molecule has 1 fully saturated rings. The number of aromatic nitrogens is 3. The third-order valence-electron chi connectivity index (χ3n) is 5.10. The first kappa shape index (κ1) is 15.8. The van der Waals surface area contributed by atoms with Gasteiger partial charge in [-0.05, 0) is 49.8 Å². The second kappa shape index (κ2) is 7.03. The minimum absolute atomic E-state index is 0.275. The Morgan fingerprint density at radius 3 is 2.92 bits per heavy atom. The lowest BCUT2D eigenvalue weighted by molar-refractivity contribution is 0.0404. The van der Waals surface area contributed by atoms with Crippen LogP contribution in [0.5, 0.6) is 0 Å². The van der Waals surface area contributed by atoms with Crippen molar-refractivity contribution in [3.8, 4) is 0 Å². The van der Waals surface area contributed by atoms with Crippen molar-refractivity contribution in [2.75, 3.05) is 19.8 Å². The summed E-state index contributed by atoms with van der Waals surface area (Å²) in [5.41, 5.74) is 3.85. The van der Waals surface area contributed by atoms with E-state index in [1.807, 2.05) is 18.5 Å². The monoisotopic (exact) mass is 326 g/mol. The minimum atomic E-state index is 0.275. The summed E-state index contributed by atoms with van der Waals surface area (Å²) in [6.07, 6.45) is 7.65. The number of hydrogen-bond acceptors (Lipinski definition) is 4. The molecule has 5 nitrogen and oxygen atoms in total. The highest BCUT2D eigenvalue weighted by Gasteiger charge is 2.32. The molecule has 1 unspecified atom stereocenters. The Labute approximate surface area is 143 Å². The van der Waals surface area contributed by atoms with Crippen LogP contribution < -0.4 is 0 Å². The molecule has 3 heterocycles. The molecule has 0 radical (unpaired) electrons. The van der Waals surface area contributed by atoms with Gasteiger partial charge in [0.1, 0.15) is 0 Å². The van der Waals surface area contributed by atoms with E-state index in [-0.39, 0.29) is 6.04 Å². The molecule has 2 aliphatic rings. The van der Waals surface area contributed by atoms with Crippen molar-refractivity contribution >= 4 is 0 Å². The van der Waals surface area contributed by atoms with Crippen LogP contribution in [0.4, 0.5) is 0 Å². The Balaban J connectivity index is 1.54. The highest BCUT2D eigenvalue weighted by Crippen LogP contribution is 2.33. The van der Waals surface area contributed by atoms with Gasteiger partial charge < -0.3 is 4.74 Å². The van der Waals surface area contributed by atoms with Gasteiger partial charge in [0, 0.05) is 32.4 Å². The maximum Gasteiger partial charge on any atom is 0.0760 e. The summed E-state index contributed by atoms with van der Waals surface area (Å²) in [7, 11) is 0. The quantitative estimate of drug-likeness (QED) is 0.785. The molecule has 0 aromatic carbocycles. The molecular weight excluding hydrogens is 300 g/mol. The molecule has 4 rings (SSSR count). The molecule has 1 aliphatic carbocycles. The van der Waals surface area contributed by atoms with Gasteiger partial charge in [0.05, 0.1) is 30.2 Å². The van der Waals surface area contributed by atoms with Gasteiger partial charge in [-0.15, -0.1) is 0 Å². The van der Waals surface area contributed by atoms with Gasteiger partial charge in [-0.1, -0.05) is 6.07 Å². The van der Waals surface area contributed by atoms with Crippen molar-refractivity contribution in [3.63, 3.8) is 0 Å². The highest BCUT2D eigenvalue weighted by atomic mass is 16.5. The van der Waals surface area contributed by atoms with Crippen molar-refractivity contribution in [3.05, 3.63) is 47.5 Å². The largest absolute Gasteiger partial charge is 0.379 e. The fourth-order valence-corrected chi connectivity index (χ4v) is 3.56. The van der Waals surface area contributed by atoms with Gasteiger partial charge in [-0.2, -0.15) is 5.10 Å². The van der Waals surface area contributed by atoms with E-state index >= 15 is 0 Å². The standard InChI is InChI=1S/C19H26N4O/c1-2-23-19-16(11-21-23)8-10-22(12-17-5-3-4-9-20-17)18(19)14-24-13-15-6-7-15/h3-5,9,11,15,18H,2,6-8,10,12-14H2,1H3. The van der Waals surface area contributed by atoms with Gasteiger partial charge in [0.15, 0.2) is 0 Å². The molecule has 1 aliphatic heterocycles. The molecule has 5 heteroatoms. The van der Waals surface area contributed by atoms with Crippen LogP contribution in [-0.2, 0) is 24.2 Å². The van der Waals surface area contributed by atoms with Crippen LogP contribution in [0.25, 0.3) is 0 Å². The normalized spacial score (nSPS) is 21.0. The van der Waals surface area contributed by atoms with E-state index in [9.17, 15) is 0 Å². The van der Waals surface area contributed by atoms with E-state index in [2.05, 4.69) is 38.7 Å². The zero-order valence-corrected chi connectivity index (χ0v) is 14.4. The molecule has 0 N–H and O–H groups in total. The molecule has 1 atom stereocenters. The lowest BCUT2D eigenvalue weighted by Crippen LogP contribution is -2.38. The number of rotatable bonds is 7. The van der Waals surface area contributed by atoms with Crippen LogP contribution in [0.2, 0.25) is 0 Å². The maximum atomic E-state index is 6.09. The third-order valence-corrected chi connectivity index (χ3v) is 5.10. The number of ether oxygens (including phenoxy) is 1. The van der Waals surface area contributed by atoms with Crippen LogP contribution in [0, 0.1) is 5.92 Å². The molecule has 0 spiro atoms. The Morgan fingerprint density at radius 2 is 2.17 bits per heavy atom. The Morgan fingerprint density at radius 1 is 1.25 bits per heavy atom. The zero-order valence-electron chi connectivity index (χ0n) is 14.4. The first-order valence-corrected chi connectivity index (χ1v) is 9.11. The summed E-state index contributed by atoms with van der Waals surface area (Å²) >= 11 is 0. The smallest absolute Gasteiger partial charge is 0.0760 e. The fraction of sp³-hybridized carbons (Fsp3) is 0.579. The average molecular weight is 326 g/mol. The minimum Gasteiger partial charge on any atom is -0.379 e. The van der Waals surface area contributed by atoms with Gasteiger partial charge >= 0.3 is 0 Å². The summed E-state index contributed by atoms with van der Waals surface area (Å²) in [5, 5.41) is 4.58. The van der Waals surface area contributed by atoms with Gasteiger partial charge in [-0.25, -0.2) is 0 Å². The second-order valence-electron chi connectivity index (χ2n) is 6.91. The van der Waals surface area contributed by atoms with Crippen LogP contribution >= 0.6 is 0 Å². The molecule has 128 valence electrons. The van der Waals surface area contributed by atoms with E-state index in [4.69, 9.17) is 4.74 Å². The predicted molar refractivity (Wildman–Crippen MR) is 92.5 cm³/mol. The molecule has 0 saturated heterocycles. The van der Waals surface area contributed by atoms with Crippen LogP contribution in [0.1, 0.15) is 42.8 Å². The van der Waals surface area contributed by atoms with Crippen molar-refractivity contribution < 1.29 is 4.74 Å². The van der Waals surface area contributed by atoms with E-state index < -0.39 is 0 Å². The number of aryl methyl sites for hydroxylation is 1. The Kier molecular flexibility index (Phi) is 4.63. The molecular formula is C19H26N4O. The number of pyridine rings is 1. The second-order valence-corrected chi connectivity index (χ2v) is 6.91. The summed E-state index contributed by atoms with van der Waals surface area (Å²) in [6.45, 7) is 6.63. The van der Waals surface area contributed by atoms with Gasteiger partial charge in [0.2, 0.25) is 0 Å². The SMILES string of the molecule is CCn1ncc2c1C(COCC1CC1)N(Cc1ccccn1)CC2. The van der Waals surface area contributed by atoms with E-state index in [0.717, 1.165) is 50.9 Å². The first-order valence-electron chi connectivity index (χ1n) is 9.11. The van der Waals surface area contributed by atoms with Crippen LogP contribution in [-0.4, -0.2) is 39.4 Å². The number of fused-ring (bicyclic) bond motifs is 1. The summed E-state index contributed by atoms with van der Waals surface area (Å²) < 4.78 is 8.23. The molecule has 0 amide bonds. The van der Waals surface area contributed by atoms with Crippen molar-refractivity contribution in [1.82, 2.24) is 19.7 Å². The fourth-order valence-electron chi connectivity index (χ4n) is 3.56. The summed E-state index contributed by atoms with van der Waals surface area (Å²) in [6, 6.07) is 6.42. The number of nitrogens with zero attached hydrogens (tertiary/aromatic N) is 4. The summed E-state index contributed by atoms with van der Waals surface area (Å²) in [5.74, 6) is 0.799. The van der Waals surface area contributed by atoms with E-state index in [0.29, 0.717) is 0 Å². The Bertz CT molecular complexity index is 652.